The van der Waals surface area contributed by atoms with Crippen LogP contribution in [0.3, 0.4) is 0 Å². The summed E-state index contributed by atoms with van der Waals surface area (Å²) < 4.78 is 1.70. The van der Waals surface area contributed by atoms with Crippen LogP contribution in [-0.4, -0.2) is 44.8 Å². The third-order valence-electron chi connectivity index (χ3n) is 10.5. The molecule has 0 radical (unpaired) electrons. The summed E-state index contributed by atoms with van der Waals surface area (Å²) in [5.41, 5.74) is 8.31. The Labute approximate surface area is 316 Å². The molecular formula is C43H48N8O3. The van der Waals surface area contributed by atoms with Gasteiger partial charge >= 0.3 is 0 Å². The van der Waals surface area contributed by atoms with Gasteiger partial charge in [0.1, 0.15) is 5.69 Å². The van der Waals surface area contributed by atoms with Crippen molar-refractivity contribution in [2.45, 2.75) is 90.6 Å². The maximum absolute atomic E-state index is 13.0. The van der Waals surface area contributed by atoms with Crippen molar-refractivity contribution in [3.8, 4) is 5.69 Å². The minimum absolute atomic E-state index is 0.0761. The molecule has 0 aliphatic carbocycles. The Kier molecular flexibility index (Phi) is 10.9. The fourth-order valence-electron chi connectivity index (χ4n) is 7.76. The monoisotopic (exact) mass is 724 g/mol. The summed E-state index contributed by atoms with van der Waals surface area (Å²) in [6, 6.07) is 32.3. The van der Waals surface area contributed by atoms with Crippen LogP contribution < -0.4 is 25.8 Å². The van der Waals surface area contributed by atoms with E-state index in [1.165, 1.54) is 0 Å². The lowest BCUT2D eigenvalue weighted by Crippen LogP contribution is -2.45. The van der Waals surface area contributed by atoms with E-state index in [9.17, 15) is 14.4 Å². The van der Waals surface area contributed by atoms with Gasteiger partial charge in [-0.3, -0.25) is 14.4 Å². The Morgan fingerprint density at radius 2 is 1.28 bits per heavy atom. The molecule has 3 N–H and O–H groups in total. The first kappa shape index (κ1) is 36.5. The van der Waals surface area contributed by atoms with Gasteiger partial charge in [0.15, 0.2) is 0 Å². The van der Waals surface area contributed by atoms with Crippen LogP contribution in [0.4, 0.5) is 17.1 Å². The number of para-hydroxylation sites is 2. The Balaban J connectivity index is 0.916. The van der Waals surface area contributed by atoms with E-state index < -0.39 is 0 Å². The molecule has 2 aliphatic rings. The maximum atomic E-state index is 13.0. The topological polar surface area (TPSA) is 124 Å². The zero-order valence-electron chi connectivity index (χ0n) is 31.3. The number of fused-ring (bicyclic) bond motifs is 2. The molecule has 7 rings (SSSR count). The highest BCUT2D eigenvalue weighted by atomic mass is 16.2. The van der Waals surface area contributed by atoms with Gasteiger partial charge in [-0.1, -0.05) is 67.6 Å². The molecule has 0 saturated heterocycles. The molecule has 5 aromatic rings. The van der Waals surface area contributed by atoms with Crippen molar-refractivity contribution in [2.75, 3.05) is 15.1 Å². The molecule has 0 unspecified atom stereocenters. The Morgan fingerprint density at radius 1 is 0.704 bits per heavy atom. The number of rotatable bonds is 11. The van der Waals surface area contributed by atoms with Gasteiger partial charge in [-0.2, -0.15) is 0 Å². The highest BCUT2D eigenvalue weighted by Crippen LogP contribution is 2.40. The van der Waals surface area contributed by atoms with Gasteiger partial charge in [0.05, 0.1) is 24.5 Å². The molecule has 1 aromatic heterocycles. The minimum Gasteiger partial charge on any atom is -0.378 e. The largest absolute Gasteiger partial charge is 0.378 e. The highest BCUT2D eigenvalue weighted by molar-refractivity contribution is 5.96. The lowest BCUT2D eigenvalue weighted by molar-refractivity contribution is -0.119. The number of carbonyl (C=O) groups is 3. The van der Waals surface area contributed by atoms with Crippen molar-refractivity contribution >= 4 is 34.8 Å². The number of carbonyl (C=O) groups excluding carboxylic acids is 3. The summed E-state index contributed by atoms with van der Waals surface area (Å²) in [7, 11) is 0. The molecule has 0 saturated carbocycles. The molecule has 3 amide bonds. The van der Waals surface area contributed by atoms with Crippen LogP contribution in [0.1, 0.15) is 98.2 Å². The Morgan fingerprint density at radius 3 is 1.89 bits per heavy atom. The van der Waals surface area contributed by atoms with Crippen molar-refractivity contribution in [1.29, 1.82) is 0 Å². The first-order valence-electron chi connectivity index (χ1n) is 18.9. The second kappa shape index (κ2) is 16.1. The number of benzene rings is 4. The number of nitrogens with zero attached hydrogens (tertiary/aromatic N) is 5. The van der Waals surface area contributed by atoms with Crippen LogP contribution in [0.15, 0.2) is 103 Å². The first-order valence-corrected chi connectivity index (χ1v) is 18.9. The highest BCUT2D eigenvalue weighted by Gasteiger charge is 2.34. The minimum atomic E-state index is -0.184. The van der Waals surface area contributed by atoms with E-state index in [4.69, 9.17) is 0 Å². The van der Waals surface area contributed by atoms with Crippen LogP contribution in [0.25, 0.3) is 5.69 Å². The van der Waals surface area contributed by atoms with Gasteiger partial charge < -0.3 is 25.8 Å². The Bertz CT molecular complexity index is 2110. The van der Waals surface area contributed by atoms with Crippen molar-refractivity contribution in [2.24, 2.45) is 0 Å². The van der Waals surface area contributed by atoms with E-state index in [1.807, 2.05) is 115 Å². The SMILES string of the molecule is CCC(=O)N1c2ccccc2[C@H](NCc2ccc(C(=O)NCc3cn(-c4ccc(N[C@@H]5C[C@H](C)N(C(=O)CC)c6ccccc65)cc4)nn3)cc2)C[C@@H]1C. The quantitative estimate of drug-likeness (QED) is 0.131. The number of hydrogen-bond acceptors (Lipinski definition) is 7. The van der Waals surface area contributed by atoms with Crippen LogP contribution >= 0.6 is 0 Å². The van der Waals surface area contributed by atoms with E-state index >= 15 is 0 Å². The third kappa shape index (κ3) is 7.63. The van der Waals surface area contributed by atoms with Gasteiger partial charge in [0.25, 0.3) is 5.91 Å². The number of aromatic nitrogens is 3. The smallest absolute Gasteiger partial charge is 0.251 e. The summed E-state index contributed by atoms with van der Waals surface area (Å²) in [5.74, 6) is 0.0960. The molecule has 2 aliphatic heterocycles. The molecule has 11 nitrogen and oxygen atoms in total. The average molecular weight is 725 g/mol. The average Bonchev–Trinajstić information content (AvgIpc) is 3.68. The maximum Gasteiger partial charge on any atom is 0.251 e. The molecule has 278 valence electrons. The normalized spacial score (nSPS) is 19.1. The standard InChI is InChI=1S/C43H48N8O3/c1-5-41(52)50-28(3)23-37(35-11-7-9-13-39(35)50)44-25-30-15-17-31(18-16-30)43(54)45-26-33-27-49(48-47-33)34-21-19-32(20-22-34)46-38-24-29(4)51(42(53)6-2)40-14-10-8-12-36(38)40/h7-22,27-29,37-38,44,46H,5-6,23-26H2,1-4H3,(H,45,54)/t28-,29-,37+,38+/m0/s1. The van der Waals surface area contributed by atoms with Crippen molar-refractivity contribution < 1.29 is 14.4 Å². The first-order chi connectivity index (χ1) is 26.2. The molecule has 0 spiro atoms. The molecule has 3 heterocycles. The summed E-state index contributed by atoms with van der Waals surface area (Å²) in [5, 5.41) is 18.9. The summed E-state index contributed by atoms with van der Waals surface area (Å²) in [4.78, 5) is 42.3. The second-order valence-electron chi connectivity index (χ2n) is 14.2. The summed E-state index contributed by atoms with van der Waals surface area (Å²) in [6.07, 6.45) is 4.41. The van der Waals surface area contributed by atoms with Crippen molar-refractivity contribution in [3.63, 3.8) is 0 Å². The lowest BCUT2D eigenvalue weighted by Gasteiger charge is -2.40. The molecule has 0 fully saturated rings. The van der Waals surface area contributed by atoms with E-state index in [0.29, 0.717) is 30.6 Å². The van der Waals surface area contributed by atoms with Crippen LogP contribution in [0, 0.1) is 0 Å². The van der Waals surface area contributed by atoms with Gasteiger partial charge in [-0.15, -0.1) is 5.10 Å². The summed E-state index contributed by atoms with van der Waals surface area (Å²) in [6.45, 7) is 8.90. The van der Waals surface area contributed by atoms with Crippen molar-refractivity contribution in [3.05, 3.63) is 131 Å². The number of hydrogen-bond donors (Lipinski definition) is 3. The number of anilines is 3. The van der Waals surface area contributed by atoms with Gasteiger partial charge in [-0.25, -0.2) is 4.68 Å². The van der Waals surface area contributed by atoms with Crippen LogP contribution in [0.5, 0.6) is 0 Å². The van der Waals surface area contributed by atoms with E-state index in [1.54, 1.807) is 4.68 Å². The number of nitrogens with one attached hydrogen (secondary N) is 3. The lowest BCUT2D eigenvalue weighted by atomic mass is 9.91. The molecule has 4 atom stereocenters. The van der Waals surface area contributed by atoms with E-state index in [2.05, 4.69) is 52.2 Å². The molecule has 54 heavy (non-hydrogen) atoms. The fourth-order valence-corrected chi connectivity index (χ4v) is 7.76. The molecule has 11 heteroatoms. The van der Waals surface area contributed by atoms with Crippen LogP contribution in [-0.2, 0) is 22.7 Å². The molecule has 4 aromatic carbocycles. The van der Waals surface area contributed by atoms with Crippen molar-refractivity contribution in [1.82, 2.24) is 25.6 Å². The van der Waals surface area contributed by atoms with E-state index in [0.717, 1.165) is 52.3 Å². The van der Waals surface area contributed by atoms with E-state index in [-0.39, 0.29) is 48.4 Å². The predicted molar refractivity (Wildman–Crippen MR) is 212 cm³/mol. The third-order valence-corrected chi connectivity index (χ3v) is 10.5. The zero-order chi connectivity index (χ0) is 37.8. The fraction of sp³-hybridized carbons (Fsp3) is 0.326. The second-order valence-corrected chi connectivity index (χ2v) is 14.2. The predicted octanol–water partition coefficient (Wildman–Crippen LogP) is 7.25. The van der Waals surface area contributed by atoms with Gasteiger partial charge in [0, 0.05) is 60.1 Å². The van der Waals surface area contributed by atoms with Crippen LogP contribution in [0.2, 0.25) is 0 Å². The van der Waals surface area contributed by atoms with Gasteiger partial charge in [0.2, 0.25) is 11.8 Å². The zero-order valence-corrected chi connectivity index (χ0v) is 31.3. The molecular weight excluding hydrogens is 677 g/mol. The summed E-state index contributed by atoms with van der Waals surface area (Å²) >= 11 is 0. The Hall–Kier alpha value is -5.81. The number of amides is 3. The molecule has 0 bridgehead atoms. The van der Waals surface area contributed by atoms with Gasteiger partial charge in [-0.05, 0) is 91.9 Å².